The molecule has 1 aromatic heterocycles. The van der Waals surface area contributed by atoms with E-state index in [1.54, 1.807) is 4.68 Å². The predicted octanol–water partition coefficient (Wildman–Crippen LogP) is 2.07. The third-order valence-corrected chi connectivity index (χ3v) is 4.38. The van der Waals surface area contributed by atoms with Gasteiger partial charge in [0.1, 0.15) is 5.82 Å². The highest BCUT2D eigenvalue weighted by molar-refractivity contribution is 5.21. The van der Waals surface area contributed by atoms with Crippen LogP contribution in [-0.4, -0.2) is 44.7 Å². The summed E-state index contributed by atoms with van der Waals surface area (Å²) in [5, 5.41) is 17.0. The van der Waals surface area contributed by atoms with Crippen LogP contribution < -0.4 is 0 Å². The highest BCUT2D eigenvalue weighted by atomic mass is 19.2. The molecule has 1 saturated heterocycles. The number of piperidine rings is 1. The molecule has 8 heteroatoms. The molecule has 1 aromatic carbocycles. The smallest absolute Gasteiger partial charge is 0.166 e. The topological polar surface area (TPSA) is 54.2 Å². The average Bonchev–Trinajstić information content (AvgIpc) is 3.05. The fourth-order valence-corrected chi connectivity index (χ4v) is 3.00. The van der Waals surface area contributed by atoms with Crippen LogP contribution in [0, 0.1) is 17.5 Å². The molecule has 2 heterocycles. The maximum Gasteiger partial charge on any atom is 0.166 e. The maximum absolute atomic E-state index is 13.7. The van der Waals surface area contributed by atoms with Gasteiger partial charge in [0.05, 0.1) is 11.7 Å². The Hall–Kier alpha value is -1.93. The first kappa shape index (κ1) is 16.9. The predicted molar refractivity (Wildman–Crippen MR) is 80.7 cm³/mol. The minimum absolute atomic E-state index is 0.0297. The van der Waals surface area contributed by atoms with Gasteiger partial charge in [-0.25, -0.2) is 17.9 Å². The number of rotatable bonds is 5. The van der Waals surface area contributed by atoms with Crippen molar-refractivity contribution in [3.63, 3.8) is 0 Å². The Labute approximate surface area is 137 Å². The van der Waals surface area contributed by atoms with E-state index in [1.807, 2.05) is 11.1 Å². The van der Waals surface area contributed by atoms with Crippen LogP contribution in [0.2, 0.25) is 0 Å². The van der Waals surface area contributed by atoms with E-state index in [9.17, 15) is 13.2 Å². The molecule has 0 aliphatic carbocycles. The normalized spacial score (nSPS) is 16.7. The SMILES string of the molecule is OCCc1cn(C2CCN(Cc3c(F)ccc(F)c3F)CC2)nn1. The minimum atomic E-state index is -1.11. The largest absolute Gasteiger partial charge is 0.396 e. The van der Waals surface area contributed by atoms with Gasteiger partial charge in [0, 0.05) is 44.4 Å². The van der Waals surface area contributed by atoms with Gasteiger partial charge in [-0.2, -0.15) is 0 Å². The first-order chi connectivity index (χ1) is 11.6. The summed E-state index contributed by atoms with van der Waals surface area (Å²) in [5.74, 6) is -2.86. The Morgan fingerprint density at radius 1 is 1.12 bits per heavy atom. The number of nitrogens with zero attached hydrogens (tertiary/aromatic N) is 4. The van der Waals surface area contributed by atoms with Gasteiger partial charge < -0.3 is 5.11 Å². The van der Waals surface area contributed by atoms with E-state index in [-0.39, 0.29) is 24.8 Å². The lowest BCUT2D eigenvalue weighted by molar-refractivity contribution is 0.168. The highest BCUT2D eigenvalue weighted by Crippen LogP contribution is 2.25. The summed E-state index contributed by atoms with van der Waals surface area (Å²) in [6.07, 6.45) is 3.82. The molecule has 1 aliphatic rings. The van der Waals surface area contributed by atoms with Gasteiger partial charge in [-0.05, 0) is 25.0 Å². The fourth-order valence-electron chi connectivity index (χ4n) is 3.00. The molecule has 0 radical (unpaired) electrons. The van der Waals surface area contributed by atoms with Crippen molar-refractivity contribution in [2.24, 2.45) is 0 Å². The number of halogens is 3. The van der Waals surface area contributed by atoms with E-state index in [0.29, 0.717) is 19.5 Å². The average molecular weight is 340 g/mol. The van der Waals surface area contributed by atoms with Crippen molar-refractivity contribution in [3.05, 3.63) is 47.0 Å². The zero-order chi connectivity index (χ0) is 17.1. The molecule has 24 heavy (non-hydrogen) atoms. The Bertz CT molecular complexity index is 699. The molecule has 0 bridgehead atoms. The molecule has 0 atom stereocenters. The van der Waals surface area contributed by atoms with Crippen LogP contribution in [0.25, 0.3) is 0 Å². The van der Waals surface area contributed by atoms with Crippen molar-refractivity contribution >= 4 is 0 Å². The van der Waals surface area contributed by atoms with Crippen molar-refractivity contribution < 1.29 is 18.3 Å². The third kappa shape index (κ3) is 3.59. The second kappa shape index (κ2) is 7.31. The van der Waals surface area contributed by atoms with E-state index in [1.165, 1.54) is 0 Å². The standard InChI is InChI=1S/C16H19F3N4O/c17-14-1-2-15(18)16(19)13(14)10-22-6-3-12(4-7-22)23-9-11(5-8-24)20-21-23/h1-2,9,12,24H,3-8,10H2. The van der Waals surface area contributed by atoms with Crippen LogP contribution in [0.5, 0.6) is 0 Å². The van der Waals surface area contributed by atoms with Crippen LogP contribution in [0.15, 0.2) is 18.3 Å². The Morgan fingerprint density at radius 3 is 2.54 bits per heavy atom. The van der Waals surface area contributed by atoms with Gasteiger partial charge in [0.25, 0.3) is 0 Å². The van der Waals surface area contributed by atoms with Crippen LogP contribution in [0.1, 0.15) is 30.1 Å². The molecule has 2 aromatic rings. The Balaban J connectivity index is 1.60. The number of aliphatic hydroxyl groups is 1. The molecule has 1 N–H and O–H groups in total. The molecular weight excluding hydrogens is 321 g/mol. The first-order valence-corrected chi connectivity index (χ1v) is 7.94. The number of aromatic nitrogens is 3. The number of hydrogen-bond acceptors (Lipinski definition) is 4. The van der Waals surface area contributed by atoms with Gasteiger partial charge in [-0.3, -0.25) is 4.90 Å². The van der Waals surface area contributed by atoms with Crippen molar-refractivity contribution in [1.29, 1.82) is 0 Å². The van der Waals surface area contributed by atoms with Gasteiger partial charge in [-0.15, -0.1) is 5.10 Å². The highest BCUT2D eigenvalue weighted by Gasteiger charge is 2.24. The first-order valence-electron chi connectivity index (χ1n) is 7.94. The van der Waals surface area contributed by atoms with Gasteiger partial charge in [0.2, 0.25) is 0 Å². The molecule has 130 valence electrons. The second-order valence-electron chi connectivity index (χ2n) is 5.99. The van der Waals surface area contributed by atoms with Crippen molar-refractivity contribution in [2.75, 3.05) is 19.7 Å². The van der Waals surface area contributed by atoms with Crippen molar-refractivity contribution in [2.45, 2.75) is 31.8 Å². The zero-order valence-corrected chi connectivity index (χ0v) is 13.1. The zero-order valence-electron chi connectivity index (χ0n) is 13.1. The lowest BCUT2D eigenvalue weighted by Crippen LogP contribution is -2.35. The van der Waals surface area contributed by atoms with E-state index in [2.05, 4.69) is 10.3 Å². The fraction of sp³-hybridized carbons (Fsp3) is 0.500. The van der Waals surface area contributed by atoms with E-state index in [4.69, 9.17) is 5.11 Å². The summed E-state index contributed by atoms with van der Waals surface area (Å²) in [6, 6.07) is 1.93. The summed E-state index contributed by atoms with van der Waals surface area (Å²) < 4.78 is 42.5. The van der Waals surface area contributed by atoms with Gasteiger partial charge in [-0.1, -0.05) is 5.21 Å². The minimum Gasteiger partial charge on any atom is -0.396 e. The monoisotopic (exact) mass is 340 g/mol. The molecule has 0 unspecified atom stereocenters. The van der Waals surface area contributed by atoms with Crippen molar-refractivity contribution in [3.8, 4) is 0 Å². The van der Waals surface area contributed by atoms with E-state index >= 15 is 0 Å². The molecule has 1 fully saturated rings. The number of likely N-dealkylation sites (tertiary alicyclic amines) is 1. The molecule has 0 spiro atoms. The summed E-state index contributed by atoms with van der Waals surface area (Å²) in [4.78, 5) is 1.91. The second-order valence-corrected chi connectivity index (χ2v) is 5.99. The molecule has 1 aliphatic heterocycles. The van der Waals surface area contributed by atoms with Crippen LogP contribution in [0.4, 0.5) is 13.2 Å². The molecule has 3 rings (SSSR count). The number of benzene rings is 1. The lowest BCUT2D eigenvalue weighted by Gasteiger charge is -2.31. The number of aliphatic hydroxyl groups excluding tert-OH is 1. The van der Waals surface area contributed by atoms with Crippen LogP contribution >= 0.6 is 0 Å². The van der Waals surface area contributed by atoms with Gasteiger partial charge in [0.15, 0.2) is 11.6 Å². The molecule has 0 saturated carbocycles. The van der Waals surface area contributed by atoms with Crippen molar-refractivity contribution in [1.82, 2.24) is 19.9 Å². The van der Waals surface area contributed by atoms with Crippen LogP contribution in [-0.2, 0) is 13.0 Å². The summed E-state index contributed by atoms with van der Waals surface area (Å²) >= 11 is 0. The summed E-state index contributed by atoms with van der Waals surface area (Å²) in [6.45, 7) is 1.35. The molecule has 0 amide bonds. The summed E-state index contributed by atoms with van der Waals surface area (Å²) in [5.41, 5.74) is 0.517. The summed E-state index contributed by atoms with van der Waals surface area (Å²) in [7, 11) is 0. The van der Waals surface area contributed by atoms with E-state index in [0.717, 1.165) is 30.7 Å². The molecular formula is C16H19F3N4O. The van der Waals surface area contributed by atoms with E-state index < -0.39 is 17.5 Å². The quantitative estimate of drug-likeness (QED) is 0.847. The maximum atomic E-state index is 13.7. The lowest BCUT2D eigenvalue weighted by atomic mass is 10.0. The number of hydrogen-bond donors (Lipinski definition) is 1. The molecule has 5 nitrogen and oxygen atoms in total. The van der Waals surface area contributed by atoms with Gasteiger partial charge >= 0.3 is 0 Å². The Kier molecular flexibility index (Phi) is 5.15. The van der Waals surface area contributed by atoms with Crippen LogP contribution in [0.3, 0.4) is 0 Å². The Morgan fingerprint density at radius 2 is 1.83 bits per heavy atom. The third-order valence-electron chi connectivity index (χ3n) is 4.38.